The number of carbonyl (C=O) groups excluding carboxylic acids is 1. The Labute approximate surface area is 208 Å². The number of halogens is 7. The van der Waals surface area contributed by atoms with Crippen LogP contribution in [0.2, 0.25) is 10.0 Å². The molecular weight excluding hydrogens is 540 g/mol. The van der Waals surface area contributed by atoms with Gasteiger partial charge in [0.15, 0.2) is 5.54 Å². The van der Waals surface area contributed by atoms with Crippen molar-refractivity contribution in [2.45, 2.75) is 23.4 Å². The lowest BCUT2D eigenvalue weighted by Crippen LogP contribution is -2.49. The van der Waals surface area contributed by atoms with Crippen LogP contribution in [-0.4, -0.2) is 33.7 Å². The molecule has 0 fully saturated rings. The molecule has 35 heavy (non-hydrogen) atoms. The third-order valence-corrected chi connectivity index (χ3v) is 6.03. The van der Waals surface area contributed by atoms with Crippen molar-refractivity contribution in [2.75, 3.05) is 11.1 Å². The minimum absolute atomic E-state index is 0.0158. The van der Waals surface area contributed by atoms with Crippen molar-refractivity contribution < 1.29 is 31.2 Å². The number of anilines is 1. The highest BCUT2D eigenvalue weighted by atomic mass is 35.5. The largest absolute Gasteiger partial charge is 0.417 e. The highest BCUT2D eigenvalue weighted by Gasteiger charge is 2.60. The smallest absolute Gasteiger partial charge is 0.410 e. The van der Waals surface area contributed by atoms with E-state index in [1.54, 1.807) is 0 Å². The van der Waals surface area contributed by atoms with Gasteiger partial charge in [0.2, 0.25) is 5.91 Å². The van der Waals surface area contributed by atoms with Gasteiger partial charge in [0.05, 0.1) is 5.75 Å². The molecule has 2 N–H and O–H groups in total. The van der Waals surface area contributed by atoms with Crippen LogP contribution in [0, 0.1) is 11.6 Å². The van der Waals surface area contributed by atoms with Crippen molar-refractivity contribution in [2.24, 2.45) is 5.10 Å². The summed E-state index contributed by atoms with van der Waals surface area (Å²) in [6, 6.07) is 6.08. The number of thioether (sulfide) groups is 1. The van der Waals surface area contributed by atoms with Gasteiger partial charge in [-0.1, -0.05) is 35.0 Å². The third-order valence-electron chi connectivity index (χ3n) is 4.78. The molecular formula is C20H12Cl2F5N5O2S. The van der Waals surface area contributed by atoms with Gasteiger partial charge in [-0.25, -0.2) is 8.78 Å². The van der Waals surface area contributed by atoms with Crippen molar-refractivity contribution in [3.63, 3.8) is 0 Å². The molecule has 1 amide bonds. The summed E-state index contributed by atoms with van der Waals surface area (Å²) in [6.45, 7) is 0. The predicted octanol–water partition coefficient (Wildman–Crippen LogP) is 5.54. The lowest BCUT2D eigenvalue weighted by molar-refractivity contribution is -0.196. The fraction of sp³-hybridized carbons (Fsp3) is 0.200. The molecule has 184 valence electrons. The molecule has 7 nitrogen and oxygen atoms in total. The standard InChI is InChI=1S/C20H12Cl2F5N5O2S/c21-10-1-9(2-11(22)3-10)19(20(25,26)27)7-15(29-32-19)17-30-31-18(34-17)35-8-16(33)28-14-5-12(23)4-13(24)6-14/h1-6,32H,7-8H2,(H,28,33). The summed E-state index contributed by atoms with van der Waals surface area (Å²) in [5, 5.41) is 13.3. The SMILES string of the molecule is O=C(CSc1nnc(C2=NNC(c3cc(Cl)cc(Cl)c3)(C(F)(F)F)C2)o1)Nc1cc(F)cc(F)c1. The van der Waals surface area contributed by atoms with E-state index in [0.717, 1.165) is 36.0 Å². The number of rotatable bonds is 6. The fourth-order valence-electron chi connectivity index (χ4n) is 3.25. The number of hydrogen-bond acceptors (Lipinski definition) is 7. The Hall–Kier alpha value is -2.90. The number of hydrazone groups is 1. The van der Waals surface area contributed by atoms with Gasteiger partial charge in [-0.15, -0.1) is 10.2 Å². The maximum absolute atomic E-state index is 14.1. The lowest BCUT2D eigenvalue weighted by atomic mass is 9.85. The molecule has 1 aliphatic heterocycles. The van der Waals surface area contributed by atoms with Gasteiger partial charge in [0.1, 0.15) is 17.3 Å². The lowest BCUT2D eigenvalue weighted by Gasteiger charge is -2.31. The molecule has 1 aliphatic rings. The second-order valence-corrected chi connectivity index (χ2v) is 9.08. The number of nitrogens with zero attached hydrogens (tertiary/aromatic N) is 3. The molecule has 0 saturated heterocycles. The number of carbonyl (C=O) groups is 1. The maximum atomic E-state index is 14.1. The number of alkyl halides is 3. The van der Waals surface area contributed by atoms with Crippen molar-refractivity contribution in [1.82, 2.24) is 15.6 Å². The van der Waals surface area contributed by atoms with Crippen LogP contribution in [0.1, 0.15) is 17.9 Å². The summed E-state index contributed by atoms with van der Waals surface area (Å²) in [4.78, 5) is 12.0. The van der Waals surface area contributed by atoms with Crippen molar-refractivity contribution >= 4 is 52.3 Å². The monoisotopic (exact) mass is 551 g/mol. The number of aromatic nitrogens is 2. The van der Waals surface area contributed by atoms with Crippen molar-refractivity contribution in [1.29, 1.82) is 0 Å². The van der Waals surface area contributed by atoms with E-state index < -0.39 is 35.7 Å². The van der Waals surface area contributed by atoms with Crippen LogP contribution >= 0.6 is 35.0 Å². The van der Waals surface area contributed by atoms with E-state index in [2.05, 4.69) is 26.0 Å². The summed E-state index contributed by atoms with van der Waals surface area (Å²) in [7, 11) is 0. The van der Waals surface area contributed by atoms with E-state index in [9.17, 15) is 26.7 Å². The topological polar surface area (TPSA) is 92.4 Å². The quantitative estimate of drug-likeness (QED) is 0.308. The van der Waals surface area contributed by atoms with E-state index in [1.165, 1.54) is 6.07 Å². The number of nitrogens with one attached hydrogen (secondary N) is 2. The minimum Gasteiger partial charge on any atom is -0.410 e. The first-order valence-electron chi connectivity index (χ1n) is 9.55. The number of amides is 1. The zero-order valence-electron chi connectivity index (χ0n) is 17.1. The summed E-state index contributed by atoms with van der Waals surface area (Å²) < 4.78 is 74.1. The normalized spacial score (nSPS) is 17.7. The molecule has 15 heteroatoms. The highest BCUT2D eigenvalue weighted by molar-refractivity contribution is 7.99. The maximum Gasteiger partial charge on any atom is 0.417 e. The molecule has 0 radical (unpaired) electrons. The molecule has 2 heterocycles. The molecule has 1 aromatic heterocycles. The summed E-state index contributed by atoms with van der Waals surface area (Å²) in [6.07, 6.45) is -5.48. The first-order chi connectivity index (χ1) is 16.4. The summed E-state index contributed by atoms with van der Waals surface area (Å²) in [5.41, 5.74) is -1.02. The van der Waals surface area contributed by atoms with Gasteiger partial charge in [-0.05, 0) is 35.9 Å². The van der Waals surface area contributed by atoms with Gasteiger partial charge >= 0.3 is 6.18 Å². The van der Waals surface area contributed by atoms with Gasteiger partial charge < -0.3 is 9.73 Å². The second-order valence-electron chi connectivity index (χ2n) is 7.28. The molecule has 2 aromatic carbocycles. The van der Waals surface area contributed by atoms with Crippen molar-refractivity contribution in [3.8, 4) is 0 Å². The van der Waals surface area contributed by atoms with Crippen LogP contribution in [0.4, 0.5) is 27.6 Å². The first-order valence-corrected chi connectivity index (χ1v) is 11.3. The molecule has 4 rings (SSSR count). The Kier molecular flexibility index (Phi) is 6.93. The van der Waals surface area contributed by atoms with E-state index in [1.807, 2.05) is 0 Å². The molecule has 0 aliphatic carbocycles. The summed E-state index contributed by atoms with van der Waals surface area (Å²) in [5.74, 6) is -2.93. The van der Waals surface area contributed by atoms with E-state index in [4.69, 9.17) is 27.6 Å². The zero-order chi connectivity index (χ0) is 25.4. The molecule has 0 bridgehead atoms. The second kappa shape index (κ2) is 9.63. The molecule has 1 atom stereocenters. The number of benzene rings is 2. The predicted molar refractivity (Wildman–Crippen MR) is 118 cm³/mol. The first kappa shape index (κ1) is 25.2. The van der Waals surface area contributed by atoms with Crippen LogP contribution in [0.5, 0.6) is 0 Å². The van der Waals surface area contributed by atoms with Crippen LogP contribution in [0.25, 0.3) is 0 Å². The highest BCUT2D eigenvalue weighted by Crippen LogP contribution is 2.46. The Morgan fingerprint density at radius 1 is 1.09 bits per heavy atom. The molecule has 0 saturated carbocycles. The van der Waals surface area contributed by atoms with Gasteiger partial charge in [-0.2, -0.15) is 18.3 Å². The van der Waals surface area contributed by atoms with Crippen LogP contribution in [0.3, 0.4) is 0 Å². The molecule has 1 unspecified atom stereocenters. The van der Waals surface area contributed by atoms with Gasteiger partial charge in [0, 0.05) is 28.2 Å². The Balaban J connectivity index is 1.44. The molecule has 3 aromatic rings. The average Bonchev–Trinajstić information content (AvgIpc) is 3.38. The van der Waals surface area contributed by atoms with Gasteiger partial charge in [0.25, 0.3) is 11.1 Å². The van der Waals surface area contributed by atoms with Crippen molar-refractivity contribution in [3.05, 3.63) is 69.5 Å². The number of hydrogen-bond donors (Lipinski definition) is 2. The van der Waals surface area contributed by atoms with E-state index >= 15 is 0 Å². The third kappa shape index (κ3) is 5.52. The Morgan fingerprint density at radius 3 is 2.37 bits per heavy atom. The van der Waals surface area contributed by atoms with Crippen LogP contribution < -0.4 is 10.7 Å². The Bertz CT molecular complexity index is 1280. The fourth-order valence-corrected chi connectivity index (χ4v) is 4.33. The zero-order valence-corrected chi connectivity index (χ0v) is 19.4. The minimum atomic E-state index is -4.79. The summed E-state index contributed by atoms with van der Waals surface area (Å²) >= 11 is 12.6. The van der Waals surface area contributed by atoms with E-state index in [-0.39, 0.29) is 43.9 Å². The average molecular weight is 552 g/mol. The Morgan fingerprint density at radius 2 is 1.74 bits per heavy atom. The van der Waals surface area contributed by atoms with Crippen LogP contribution in [-0.2, 0) is 10.3 Å². The van der Waals surface area contributed by atoms with Gasteiger partial charge in [-0.3, -0.25) is 10.2 Å². The molecule has 0 spiro atoms. The van der Waals surface area contributed by atoms with Crippen LogP contribution in [0.15, 0.2) is 51.1 Å². The van der Waals surface area contributed by atoms with E-state index in [0.29, 0.717) is 6.07 Å².